The molecule has 0 N–H and O–H groups in total. The molecule has 0 spiro atoms. The molecule has 3 rings (SSSR count). The smallest absolute Gasteiger partial charge is 0.310 e. The van der Waals surface area contributed by atoms with Gasteiger partial charge < -0.3 is 9.14 Å². The van der Waals surface area contributed by atoms with E-state index in [9.17, 15) is 4.79 Å². The zero-order valence-corrected chi connectivity index (χ0v) is 14.1. The van der Waals surface area contributed by atoms with Crippen LogP contribution in [0.3, 0.4) is 0 Å². The molecule has 0 saturated carbocycles. The minimum Gasteiger partial charge on any atom is -0.459 e. The summed E-state index contributed by atoms with van der Waals surface area (Å²) in [5.41, 5.74) is 2.05. The minimum atomic E-state index is -0.385. The highest BCUT2D eigenvalue weighted by atomic mass is 35.5. The van der Waals surface area contributed by atoms with E-state index in [1.807, 2.05) is 0 Å². The van der Waals surface area contributed by atoms with E-state index in [2.05, 4.69) is 4.98 Å². The monoisotopic (exact) mass is 368 g/mol. The molecule has 2 heterocycles. The normalized spacial score (nSPS) is 10.9. The quantitative estimate of drug-likeness (QED) is 0.632. The fourth-order valence-corrected chi connectivity index (χ4v) is 2.76. The molecule has 1 aromatic carbocycles. The summed E-state index contributed by atoms with van der Waals surface area (Å²) in [6.07, 6.45) is 3.58. The fourth-order valence-electron chi connectivity index (χ4n) is 2.11. The van der Waals surface area contributed by atoms with Crippen LogP contribution in [0.4, 0.5) is 0 Å². The van der Waals surface area contributed by atoms with E-state index in [1.165, 1.54) is 0 Å². The van der Waals surface area contributed by atoms with Crippen LogP contribution in [0.25, 0.3) is 5.65 Å². The number of pyridine rings is 1. The molecule has 0 aliphatic heterocycles. The van der Waals surface area contributed by atoms with Crippen molar-refractivity contribution in [1.29, 1.82) is 0 Å². The van der Waals surface area contributed by atoms with Gasteiger partial charge in [0.2, 0.25) is 0 Å². The number of benzene rings is 1. The Hall–Kier alpha value is -1.75. The summed E-state index contributed by atoms with van der Waals surface area (Å²) in [6, 6.07) is 8.53. The van der Waals surface area contributed by atoms with E-state index >= 15 is 0 Å². The van der Waals surface area contributed by atoms with E-state index in [-0.39, 0.29) is 19.0 Å². The van der Waals surface area contributed by atoms with E-state index in [1.54, 1.807) is 47.1 Å². The van der Waals surface area contributed by atoms with Crippen molar-refractivity contribution >= 4 is 46.4 Å². The summed E-state index contributed by atoms with van der Waals surface area (Å²) in [5.74, 6) is -0.385. The molecule has 0 radical (unpaired) electrons. The number of imidazole rings is 1. The Morgan fingerprint density at radius 3 is 2.65 bits per heavy atom. The Bertz CT molecular complexity index is 877. The zero-order valence-electron chi connectivity index (χ0n) is 11.8. The Morgan fingerprint density at radius 2 is 1.87 bits per heavy atom. The molecular weight excluding hydrogens is 359 g/mol. The first-order valence-electron chi connectivity index (χ1n) is 6.74. The lowest BCUT2D eigenvalue weighted by molar-refractivity contribution is -0.144. The third-order valence-electron chi connectivity index (χ3n) is 3.20. The number of hydrogen-bond donors (Lipinski definition) is 0. The van der Waals surface area contributed by atoms with Crippen LogP contribution in [0.2, 0.25) is 15.1 Å². The van der Waals surface area contributed by atoms with Crippen molar-refractivity contribution < 1.29 is 9.53 Å². The lowest BCUT2D eigenvalue weighted by atomic mass is 10.1. The molecule has 0 saturated heterocycles. The lowest BCUT2D eigenvalue weighted by Gasteiger charge is -2.05. The van der Waals surface area contributed by atoms with Gasteiger partial charge in [-0.2, -0.15) is 0 Å². The number of esters is 1. The molecule has 0 fully saturated rings. The lowest BCUT2D eigenvalue weighted by Crippen LogP contribution is -2.08. The molecule has 2 aromatic heterocycles. The molecule has 23 heavy (non-hydrogen) atoms. The van der Waals surface area contributed by atoms with Crippen molar-refractivity contribution in [2.75, 3.05) is 0 Å². The van der Waals surface area contributed by atoms with Crippen molar-refractivity contribution in [3.8, 4) is 0 Å². The third kappa shape index (κ3) is 3.96. The van der Waals surface area contributed by atoms with Gasteiger partial charge in [0.25, 0.3) is 0 Å². The van der Waals surface area contributed by atoms with Crippen LogP contribution in [0.5, 0.6) is 0 Å². The van der Waals surface area contributed by atoms with Crippen LogP contribution in [-0.4, -0.2) is 15.4 Å². The van der Waals surface area contributed by atoms with Crippen molar-refractivity contribution in [2.45, 2.75) is 13.0 Å². The molecule has 0 aliphatic rings. The van der Waals surface area contributed by atoms with Gasteiger partial charge in [-0.1, -0.05) is 40.9 Å². The molecule has 0 unspecified atom stereocenters. The Morgan fingerprint density at radius 1 is 1.09 bits per heavy atom. The van der Waals surface area contributed by atoms with Crippen LogP contribution in [0.15, 0.2) is 42.7 Å². The Balaban J connectivity index is 1.63. The number of carbonyl (C=O) groups excluding carboxylic acids is 1. The first-order valence-corrected chi connectivity index (χ1v) is 7.87. The van der Waals surface area contributed by atoms with Crippen molar-refractivity contribution in [3.05, 3.63) is 69.1 Å². The predicted octanol–water partition coefficient (Wildman–Crippen LogP) is 4.58. The summed E-state index contributed by atoms with van der Waals surface area (Å²) in [6.45, 7) is 0.0866. The predicted molar refractivity (Wildman–Crippen MR) is 90.2 cm³/mol. The van der Waals surface area contributed by atoms with Crippen LogP contribution < -0.4 is 0 Å². The van der Waals surface area contributed by atoms with Gasteiger partial charge in [0.15, 0.2) is 0 Å². The second-order valence-corrected chi connectivity index (χ2v) is 6.20. The minimum absolute atomic E-state index is 0.0786. The van der Waals surface area contributed by atoms with E-state index in [0.29, 0.717) is 26.3 Å². The number of rotatable bonds is 4. The first kappa shape index (κ1) is 16.1. The Labute approximate surface area is 147 Å². The van der Waals surface area contributed by atoms with Gasteiger partial charge in [0.05, 0.1) is 17.1 Å². The zero-order chi connectivity index (χ0) is 16.4. The molecule has 0 bridgehead atoms. The molecule has 3 aromatic rings. The van der Waals surface area contributed by atoms with Gasteiger partial charge in [0.1, 0.15) is 12.3 Å². The molecule has 4 nitrogen and oxygen atoms in total. The third-order valence-corrected chi connectivity index (χ3v) is 4.01. The van der Waals surface area contributed by atoms with E-state index < -0.39 is 0 Å². The molecule has 0 atom stereocenters. The SMILES string of the molecule is O=C(Cc1ccc(Cl)cc1Cl)OCc1cn2cc(Cl)ccc2n1. The number of halogens is 3. The number of ether oxygens (including phenoxy) is 1. The van der Waals surface area contributed by atoms with Crippen LogP contribution in [-0.2, 0) is 22.6 Å². The summed E-state index contributed by atoms with van der Waals surface area (Å²) in [7, 11) is 0. The van der Waals surface area contributed by atoms with E-state index in [0.717, 1.165) is 5.65 Å². The van der Waals surface area contributed by atoms with Gasteiger partial charge >= 0.3 is 5.97 Å². The number of fused-ring (bicyclic) bond motifs is 1. The van der Waals surface area contributed by atoms with Gasteiger partial charge in [0, 0.05) is 22.4 Å². The highest BCUT2D eigenvalue weighted by molar-refractivity contribution is 6.35. The molecule has 118 valence electrons. The highest BCUT2D eigenvalue weighted by Crippen LogP contribution is 2.21. The summed E-state index contributed by atoms with van der Waals surface area (Å²) in [4.78, 5) is 16.3. The topological polar surface area (TPSA) is 43.6 Å². The van der Waals surface area contributed by atoms with Gasteiger partial charge in [-0.3, -0.25) is 4.79 Å². The Kier molecular flexibility index (Phi) is 4.76. The number of carbonyl (C=O) groups is 1. The van der Waals surface area contributed by atoms with Crippen LogP contribution >= 0.6 is 34.8 Å². The van der Waals surface area contributed by atoms with Crippen molar-refractivity contribution in [1.82, 2.24) is 9.38 Å². The molecule has 7 heteroatoms. The number of aromatic nitrogens is 2. The first-order chi connectivity index (χ1) is 11.0. The number of nitrogens with zero attached hydrogens (tertiary/aromatic N) is 2. The standard InChI is InChI=1S/C16H11Cl3N2O2/c17-11-2-1-10(14(19)6-11)5-16(22)23-9-13-8-21-7-12(18)3-4-15(21)20-13/h1-4,6-8H,5,9H2. The maximum absolute atomic E-state index is 11.9. The maximum Gasteiger partial charge on any atom is 0.310 e. The summed E-state index contributed by atoms with van der Waals surface area (Å²) in [5, 5.41) is 1.57. The molecule has 0 aliphatic carbocycles. The molecular formula is C16H11Cl3N2O2. The summed E-state index contributed by atoms with van der Waals surface area (Å²) < 4.78 is 7.02. The molecule has 0 amide bonds. The second kappa shape index (κ2) is 6.79. The van der Waals surface area contributed by atoms with E-state index in [4.69, 9.17) is 39.5 Å². The summed E-state index contributed by atoms with van der Waals surface area (Å²) >= 11 is 17.8. The maximum atomic E-state index is 11.9. The van der Waals surface area contributed by atoms with Crippen molar-refractivity contribution in [2.24, 2.45) is 0 Å². The van der Waals surface area contributed by atoms with Crippen molar-refractivity contribution in [3.63, 3.8) is 0 Å². The average Bonchev–Trinajstić information content (AvgIpc) is 2.90. The largest absolute Gasteiger partial charge is 0.459 e. The van der Waals surface area contributed by atoms with Gasteiger partial charge in [-0.25, -0.2) is 4.98 Å². The average molecular weight is 370 g/mol. The second-order valence-electron chi connectivity index (χ2n) is 4.92. The van der Waals surface area contributed by atoms with Gasteiger partial charge in [-0.15, -0.1) is 0 Å². The van der Waals surface area contributed by atoms with Gasteiger partial charge in [-0.05, 0) is 29.8 Å². The van der Waals surface area contributed by atoms with Crippen LogP contribution in [0, 0.1) is 0 Å². The highest BCUT2D eigenvalue weighted by Gasteiger charge is 2.10. The fraction of sp³-hybridized carbons (Fsp3) is 0.125. The number of hydrogen-bond acceptors (Lipinski definition) is 3. The van der Waals surface area contributed by atoms with Crippen LogP contribution in [0.1, 0.15) is 11.3 Å².